The number of ether oxygens (including phenoxy) is 1. The zero-order valence-corrected chi connectivity index (χ0v) is 19.5. The van der Waals surface area contributed by atoms with E-state index in [-0.39, 0.29) is 7.43 Å². The molecule has 0 heterocycles. The molecule has 0 aromatic heterocycles. The molecule has 0 saturated carbocycles. The van der Waals surface area contributed by atoms with Gasteiger partial charge in [0.25, 0.3) is 0 Å². The average Bonchev–Trinajstić information content (AvgIpc) is 3.30. The van der Waals surface area contributed by atoms with Gasteiger partial charge < -0.3 is 25.9 Å². The Morgan fingerprint density at radius 3 is 2.12 bits per heavy atom. The Hall–Kier alpha value is -2.70. The van der Waals surface area contributed by atoms with E-state index in [4.69, 9.17) is 15.3 Å². The molecule has 0 bridgehead atoms. The molecule has 0 atom stereocenters. The molecule has 6 nitrogen and oxygen atoms in total. The summed E-state index contributed by atoms with van der Waals surface area (Å²) in [6, 6.07) is 15.9. The van der Waals surface area contributed by atoms with Gasteiger partial charge in [0.2, 0.25) is 0 Å². The maximum Gasteiger partial charge on any atom is 0.128 e. The summed E-state index contributed by atoms with van der Waals surface area (Å²) in [7, 11) is 5.45. The van der Waals surface area contributed by atoms with E-state index in [9.17, 15) is 0 Å². The fourth-order valence-corrected chi connectivity index (χ4v) is 2.70. The minimum Gasteiger partial charge on any atom is -0.399 e. The van der Waals surface area contributed by atoms with Crippen LogP contribution in [-0.4, -0.2) is 27.7 Å². The molecule has 0 amide bonds. The molecule has 1 aliphatic carbocycles. The maximum absolute atomic E-state index is 5.55. The van der Waals surface area contributed by atoms with E-state index in [1.165, 1.54) is 19.3 Å². The maximum atomic E-state index is 5.55. The Morgan fingerprint density at radius 1 is 0.969 bits per heavy atom. The van der Waals surface area contributed by atoms with Crippen molar-refractivity contribution in [2.45, 2.75) is 53.1 Å². The van der Waals surface area contributed by atoms with Gasteiger partial charge in [0, 0.05) is 31.5 Å². The van der Waals surface area contributed by atoms with Gasteiger partial charge in [-0.3, -0.25) is 0 Å². The molecule has 3 rings (SSSR count). The summed E-state index contributed by atoms with van der Waals surface area (Å²) in [6.07, 6.45) is 7.93. The highest BCUT2D eigenvalue weighted by Crippen LogP contribution is 2.19. The lowest BCUT2D eigenvalue weighted by Gasteiger charge is -2.09. The van der Waals surface area contributed by atoms with E-state index in [1.807, 2.05) is 62.6 Å². The quantitative estimate of drug-likeness (QED) is 0.210. The van der Waals surface area contributed by atoms with Crippen molar-refractivity contribution in [1.29, 1.82) is 0 Å². The number of allylic oxidation sites excluding steroid dienone is 2. The summed E-state index contributed by atoms with van der Waals surface area (Å²) >= 11 is 0. The number of hydrogen-bond donors (Lipinski definition) is 4. The van der Waals surface area contributed by atoms with Crippen LogP contribution in [0.3, 0.4) is 0 Å². The molecule has 32 heavy (non-hydrogen) atoms. The zero-order valence-electron chi connectivity index (χ0n) is 19.5. The van der Waals surface area contributed by atoms with E-state index >= 15 is 0 Å². The molecule has 6 heteroatoms. The van der Waals surface area contributed by atoms with Crippen LogP contribution in [0.5, 0.6) is 0 Å². The van der Waals surface area contributed by atoms with Gasteiger partial charge >= 0.3 is 0 Å². The highest BCUT2D eigenvalue weighted by atomic mass is 16.6. The Bertz CT molecular complexity index is 716. The topological polar surface area (TPSA) is 80.6 Å². The number of nitrogens with two attached hydrogens (primary N) is 1. The van der Waals surface area contributed by atoms with E-state index in [1.54, 1.807) is 7.11 Å². The largest absolute Gasteiger partial charge is 0.399 e. The van der Waals surface area contributed by atoms with Gasteiger partial charge in [-0.15, -0.1) is 0 Å². The first-order chi connectivity index (χ1) is 15.1. The van der Waals surface area contributed by atoms with Crippen molar-refractivity contribution in [3.8, 4) is 0 Å². The lowest BCUT2D eigenvalue weighted by Crippen LogP contribution is -2.00. The smallest absolute Gasteiger partial charge is 0.128 e. The lowest BCUT2D eigenvalue weighted by atomic mass is 10.2. The third-order valence-corrected chi connectivity index (χ3v) is 4.33. The molecule has 0 spiro atoms. The highest BCUT2D eigenvalue weighted by molar-refractivity contribution is 5.51. The average molecular weight is 445 g/mol. The molecule has 0 aliphatic heterocycles. The summed E-state index contributed by atoms with van der Waals surface area (Å²) in [5.41, 5.74) is 12.6. The molecule has 0 radical (unpaired) electrons. The summed E-state index contributed by atoms with van der Waals surface area (Å²) < 4.78 is 5.05. The summed E-state index contributed by atoms with van der Waals surface area (Å²) in [4.78, 5) is 5.47. The number of hydrogen-bond acceptors (Lipinski definition) is 6. The van der Waals surface area contributed by atoms with E-state index in [2.05, 4.69) is 29.1 Å². The number of unbranched alkanes of at least 4 members (excludes halogenated alkanes) is 1. The molecular weight excluding hydrogens is 400 g/mol. The number of nitrogen functional groups attached to an aromatic ring is 1. The molecule has 0 unspecified atom stereocenters. The molecule has 0 saturated heterocycles. The molecule has 2 aromatic rings. The number of benzene rings is 2. The van der Waals surface area contributed by atoms with E-state index in [0.29, 0.717) is 6.61 Å². The van der Waals surface area contributed by atoms with Gasteiger partial charge in [-0.2, -0.15) is 0 Å². The molecular formula is C26H44N4O2. The standard InChI is InChI=1S/C13H17NO2.C10H16N2.C2H7N.CH4/c1-15-10-11-6-8-12(9-7-11)14-16-13-4-2-3-5-13;1-2-3-8-12-10-6-4-9(11)5-7-10;1-3-2;/h4,6-9,14H,2-3,5,10H2,1H3;4-7,12H,2-3,8,11H2,1H3;3H,1-2H3;1H4. The van der Waals surface area contributed by atoms with Crippen LogP contribution < -0.4 is 21.8 Å². The summed E-state index contributed by atoms with van der Waals surface area (Å²) in [5.74, 6) is 1.04. The fraction of sp³-hybridized carbons (Fsp3) is 0.462. The number of anilines is 3. The van der Waals surface area contributed by atoms with Gasteiger partial charge in [0.05, 0.1) is 12.3 Å². The summed E-state index contributed by atoms with van der Waals surface area (Å²) in [6.45, 7) is 3.87. The second-order valence-corrected chi connectivity index (χ2v) is 7.30. The molecule has 2 aromatic carbocycles. The zero-order chi connectivity index (χ0) is 22.7. The van der Waals surface area contributed by atoms with Crippen molar-refractivity contribution >= 4 is 17.1 Å². The SMILES string of the molecule is C.CCCCNc1ccc(N)cc1.CNC.COCc1ccc(NOC2=CCCC2)cc1. The minimum absolute atomic E-state index is 0. The lowest BCUT2D eigenvalue weighted by molar-refractivity contribution is 0.185. The van der Waals surface area contributed by atoms with Crippen molar-refractivity contribution in [3.63, 3.8) is 0 Å². The van der Waals surface area contributed by atoms with Crippen LogP contribution in [0.4, 0.5) is 17.1 Å². The van der Waals surface area contributed by atoms with Crippen molar-refractivity contribution in [1.82, 2.24) is 5.32 Å². The van der Waals surface area contributed by atoms with Gasteiger partial charge in [-0.05, 0) is 81.4 Å². The van der Waals surface area contributed by atoms with Gasteiger partial charge in [0.1, 0.15) is 5.76 Å². The highest BCUT2D eigenvalue weighted by Gasteiger charge is 2.05. The Labute approximate surface area is 195 Å². The predicted octanol–water partition coefficient (Wildman–Crippen LogP) is 6.20. The van der Waals surface area contributed by atoms with Gasteiger partial charge in [0.15, 0.2) is 0 Å². The molecule has 5 N–H and O–H groups in total. The van der Waals surface area contributed by atoms with Crippen molar-refractivity contribution in [2.24, 2.45) is 0 Å². The van der Waals surface area contributed by atoms with Crippen LogP contribution in [0.1, 0.15) is 52.0 Å². The number of rotatable bonds is 9. The van der Waals surface area contributed by atoms with Crippen LogP contribution in [0.2, 0.25) is 0 Å². The Kier molecular flexibility index (Phi) is 17.4. The predicted molar refractivity (Wildman–Crippen MR) is 140 cm³/mol. The summed E-state index contributed by atoms with van der Waals surface area (Å²) in [5, 5.41) is 6.07. The number of methoxy groups -OCH3 is 1. The molecule has 180 valence electrons. The molecule has 0 fully saturated rings. The number of nitrogens with one attached hydrogen (secondary N) is 3. The van der Waals surface area contributed by atoms with Gasteiger partial charge in [-0.1, -0.05) is 32.9 Å². The second-order valence-electron chi connectivity index (χ2n) is 7.30. The minimum atomic E-state index is 0. The fourth-order valence-electron chi connectivity index (χ4n) is 2.70. The Morgan fingerprint density at radius 2 is 1.59 bits per heavy atom. The van der Waals surface area contributed by atoms with Crippen LogP contribution >= 0.6 is 0 Å². The van der Waals surface area contributed by atoms with Gasteiger partial charge in [-0.25, -0.2) is 5.48 Å². The van der Waals surface area contributed by atoms with E-state index in [0.717, 1.165) is 47.8 Å². The molecule has 1 aliphatic rings. The first-order valence-corrected chi connectivity index (χ1v) is 11.0. The second kappa shape index (κ2) is 19.0. The van der Waals surface area contributed by atoms with E-state index < -0.39 is 0 Å². The Balaban J connectivity index is 0.000000537. The monoisotopic (exact) mass is 444 g/mol. The van der Waals surface area contributed by atoms with Crippen molar-refractivity contribution in [3.05, 3.63) is 65.9 Å². The third-order valence-electron chi connectivity index (χ3n) is 4.33. The third kappa shape index (κ3) is 13.6. The first kappa shape index (κ1) is 29.3. The van der Waals surface area contributed by atoms with Crippen molar-refractivity contribution < 1.29 is 9.57 Å². The van der Waals surface area contributed by atoms with Crippen LogP contribution in [0.25, 0.3) is 0 Å². The van der Waals surface area contributed by atoms with Crippen LogP contribution in [0.15, 0.2) is 60.4 Å². The van der Waals surface area contributed by atoms with Crippen molar-refractivity contribution in [2.75, 3.05) is 44.3 Å². The van der Waals surface area contributed by atoms with Crippen LogP contribution in [-0.2, 0) is 16.2 Å². The van der Waals surface area contributed by atoms with Crippen LogP contribution in [0, 0.1) is 0 Å². The first-order valence-electron chi connectivity index (χ1n) is 11.0. The normalized spacial score (nSPS) is 11.6.